The largest absolute Gasteiger partial charge is 0.481 e. The van der Waals surface area contributed by atoms with Gasteiger partial charge < -0.3 is 10.1 Å². The summed E-state index contributed by atoms with van der Waals surface area (Å²) in [7, 11) is 1.52. The van der Waals surface area contributed by atoms with Crippen molar-refractivity contribution in [1.29, 1.82) is 0 Å². The number of imidazole rings is 1. The molecule has 0 saturated heterocycles. The van der Waals surface area contributed by atoms with Crippen LogP contribution in [0.5, 0.6) is 5.88 Å². The lowest BCUT2D eigenvalue weighted by molar-refractivity contribution is 0.0952. The molecular weight excluding hydrogens is 394 g/mol. The number of aryl methyl sites for hydroxylation is 1. The van der Waals surface area contributed by atoms with Crippen LogP contribution in [-0.4, -0.2) is 38.7 Å². The molecule has 3 heterocycles. The predicted molar refractivity (Wildman–Crippen MR) is 117 cm³/mol. The second kappa shape index (κ2) is 8.83. The molecule has 0 aliphatic heterocycles. The van der Waals surface area contributed by atoms with Gasteiger partial charge in [-0.25, -0.2) is 14.8 Å². The normalized spacial score (nSPS) is 10.9. The highest BCUT2D eigenvalue weighted by Crippen LogP contribution is 2.13. The number of nitrogens with zero attached hydrogens (tertiary/aromatic N) is 4. The highest BCUT2D eigenvalue weighted by atomic mass is 16.5. The zero-order valence-electron chi connectivity index (χ0n) is 17.4. The van der Waals surface area contributed by atoms with E-state index in [0.29, 0.717) is 30.2 Å². The zero-order valence-corrected chi connectivity index (χ0v) is 17.4. The third-order valence-electron chi connectivity index (χ3n) is 5.03. The number of hydrogen-bond donors (Lipinski definition) is 1. The van der Waals surface area contributed by atoms with E-state index >= 15 is 0 Å². The average molecular weight is 417 g/mol. The number of fused-ring (bicyclic) bond motifs is 1. The fourth-order valence-electron chi connectivity index (χ4n) is 3.51. The summed E-state index contributed by atoms with van der Waals surface area (Å²) in [6, 6.07) is 15.0. The van der Waals surface area contributed by atoms with Crippen LogP contribution in [0.2, 0.25) is 0 Å². The van der Waals surface area contributed by atoms with Gasteiger partial charge in [0.1, 0.15) is 0 Å². The van der Waals surface area contributed by atoms with E-state index in [1.807, 2.05) is 37.3 Å². The van der Waals surface area contributed by atoms with Crippen LogP contribution in [0.15, 0.2) is 65.7 Å². The van der Waals surface area contributed by atoms with Crippen LogP contribution < -0.4 is 15.7 Å². The van der Waals surface area contributed by atoms with Crippen molar-refractivity contribution in [3.63, 3.8) is 0 Å². The molecule has 158 valence electrons. The lowest BCUT2D eigenvalue weighted by Gasteiger charge is -2.06. The van der Waals surface area contributed by atoms with Gasteiger partial charge in [0.25, 0.3) is 5.91 Å². The number of aromatic nitrogens is 4. The molecule has 8 nitrogen and oxygen atoms in total. The molecule has 0 bridgehead atoms. The van der Waals surface area contributed by atoms with Gasteiger partial charge >= 0.3 is 5.69 Å². The first kappa shape index (κ1) is 20.3. The molecule has 4 rings (SSSR count). The third-order valence-corrected chi connectivity index (χ3v) is 5.03. The molecule has 0 atom stereocenters. The Morgan fingerprint density at radius 2 is 1.97 bits per heavy atom. The second-order valence-electron chi connectivity index (χ2n) is 7.20. The molecule has 0 spiro atoms. The number of benzene rings is 1. The Kier molecular flexibility index (Phi) is 5.79. The molecule has 0 unspecified atom stereocenters. The number of pyridine rings is 2. The number of amides is 1. The standard InChI is InChI=1S/C23H23N5O3/c1-16-5-3-6-17(13-16)15-28-19-7-4-10-24-21(19)27(23(28)30)12-11-25-22(29)18-8-9-20(31-2)26-14-18/h3-10,13-14H,11-12,15H2,1-2H3,(H,25,29). The van der Waals surface area contributed by atoms with Crippen molar-refractivity contribution in [2.24, 2.45) is 0 Å². The summed E-state index contributed by atoms with van der Waals surface area (Å²) in [5.74, 6) is 0.176. The number of methoxy groups -OCH3 is 1. The van der Waals surface area contributed by atoms with Crippen LogP contribution in [0.4, 0.5) is 0 Å². The first-order valence-electron chi connectivity index (χ1n) is 9.94. The molecule has 8 heteroatoms. The fourth-order valence-corrected chi connectivity index (χ4v) is 3.51. The van der Waals surface area contributed by atoms with Crippen LogP contribution in [-0.2, 0) is 13.1 Å². The Balaban J connectivity index is 1.53. The van der Waals surface area contributed by atoms with Crippen molar-refractivity contribution >= 4 is 17.1 Å². The van der Waals surface area contributed by atoms with Crippen molar-refractivity contribution < 1.29 is 9.53 Å². The molecule has 3 aromatic heterocycles. The van der Waals surface area contributed by atoms with Crippen molar-refractivity contribution in [3.05, 3.63) is 88.1 Å². The summed E-state index contributed by atoms with van der Waals surface area (Å²) in [5.41, 5.74) is 3.82. The molecule has 0 radical (unpaired) electrons. The topological polar surface area (TPSA) is 91.0 Å². The quantitative estimate of drug-likeness (QED) is 0.499. The molecule has 4 aromatic rings. The van der Waals surface area contributed by atoms with Crippen LogP contribution in [0.25, 0.3) is 11.2 Å². The van der Waals surface area contributed by atoms with E-state index in [9.17, 15) is 9.59 Å². The first-order chi connectivity index (χ1) is 15.1. The third kappa shape index (κ3) is 4.32. The Bertz CT molecular complexity index is 1270. The fraction of sp³-hybridized carbons (Fsp3) is 0.217. The number of carbonyl (C=O) groups excluding carboxylic acids is 1. The van der Waals surface area contributed by atoms with E-state index in [4.69, 9.17) is 4.74 Å². The van der Waals surface area contributed by atoms with E-state index in [0.717, 1.165) is 16.6 Å². The molecule has 1 N–H and O–H groups in total. The van der Waals surface area contributed by atoms with Gasteiger partial charge in [0.2, 0.25) is 5.88 Å². The van der Waals surface area contributed by atoms with Crippen LogP contribution in [0.1, 0.15) is 21.5 Å². The summed E-state index contributed by atoms with van der Waals surface area (Å²) in [6.45, 7) is 3.07. The average Bonchev–Trinajstić information content (AvgIpc) is 3.05. The number of hydrogen-bond acceptors (Lipinski definition) is 5. The first-order valence-corrected chi connectivity index (χ1v) is 9.94. The van der Waals surface area contributed by atoms with E-state index in [1.165, 1.54) is 13.3 Å². The molecule has 31 heavy (non-hydrogen) atoms. The zero-order chi connectivity index (χ0) is 21.8. The second-order valence-corrected chi connectivity index (χ2v) is 7.20. The number of carbonyl (C=O) groups is 1. The molecule has 0 saturated carbocycles. The molecule has 1 amide bonds. The summed E-state index contributed by atoms with van der Waals surface area (Å²) in [6.07, 6.45) is 3.12. The van der Waals surface area contributed by atoms with Gasteiger partial charge in [-0.3, -0.25) is 13.9 Å². The van der Waals surface area contributed by atoms with Crippen molar-refractivity contribution in [2.45, 2.75) is 20.0 Å². The Labute approximate surface area is 179 Å². The summed E-state index contributed by atoms with van der Waals surface area (Å²) < 4.78 is 8.31. The van der Waals surface area contributed by atoms with Gasteiger partial charge in [0, 0.05) is 31.5 Å². The van der Waals surface area contributed by atoms with Gasteiger partial charge in [0.15, 0.2) is 5.65 Å². The highest BCUT2D eigenvalue weighted by molar-refractivity contribution is 5.93. The lowest BCUT2D eigenvalue weighted by Crippen LogP contribution is -2.32. The number of ether oxygens (including phenoxy) is 1. The minimum atomic E-state index is -0.264. The lowest BCUT2D eigenvalue weighted by atomic mass is 10.1. The van der Waals surface area contributed by atoms with E-state index in [1.54, 1.807) is 27.5 Å². The maximum Gasteiger partial charge on any atom is 0.330 e. The molecule has 0 aliphatic rings. The minimum Gasteiger partial charge on any atom is -0.481 e. The smallest absolute Gasteiger partial charge is 0.330 e. The van der Waals surface area contributed by atoms with Crippen molar-refractivity contribution in [1.82, 2.24) is 24.4 Å². The van der Waals surface area contributed by atoms with Gasteiger partial charge in [-0.05, 0) is 30.7 Å². The summed E-state index contributed by atoms with van der Waals surface area (Å²) in [4.78, 5) is 33.9. The van der Waals surface area contributed by atoms with Crippen LogP contribution >= 0.6 is 0 Å². The van der Waals surface area contributed by atoms with Crippen molar-refractivity contribution in [2.75, 3.05) is 13.7 Å². The Morgan fingerprint density at radius 3 is 2.71 bits per heavy atom. The Morgan fingerprint density at radius 1 is 1.10 bits per heavy atom. The summed E-state index contributed by atoms with van der Waals surface area (Å²) in [5, 5.41) is 2.83. The van der Waals surface area contributed by atoms with E-state index in [2.05, 4.69) is 21.4 Å². The monoisotopic (exact) mass is 417 g/mol. The van der Waals surface area contributed by atoms with Crippen LogP contribution in [0, 0.1) is 6.92 Å². The van der Waals surface area contributed by atoms with E-state index < -0.39 is 0 Å². The molecule has 1 aromatic carbocycles. The number of nitrogens with one attached hydrogen (secondary N) is 1. The highest BCUT2D eigenvalue weighted by Gasteiger charge is 2.15. The molecular formula is C23H23N5O3. The van der Waals surface area contributed by atoms with Gasteiger partial charge in [-0.1, -0.05) is 29.8 Å². The van der Waals surface area contributed by atoms with Gasteiger partial charge in [0.05, 0.1) is 24.7 Å². The molecule has 0 aliphatic carbocycles. The maximum atomic E-state index is 13.1. The number of rotatable bonds is 7. The van der Waals surface area contributed by atoms with Gasteiger partial charge in [-0.2, -0.15) is 0 Å². The van der Waals surface area contributed by atoms with Crippen molar-refractivity contribution in [3.8, 4) is 5.88 Å². The SMILES string of the molecule is COc1ccc(C(=O)NCCn2c(=O)n(Cc3cccc(C)c3)c3cccnc32)cn1. The van der Waals surface area contributed by atoms with E-state index in [-0.39, 0.29) is 18.1 Å². The molecule has 0 fully saturated rings. The van der Waals surface area contributed by atoms with Gasteiger partial charge in [-0.15, -0.1) is 0 Å². The maximum absolute atomic E-state index is 13.1. The predicted octanol–water partition coefficient (Wildman–Crippen LogP) is 2.39. The Hall–Kier alpha value is -3.94. The minimum absolute atomic E-state index is 0.157. The summed E-state index contributed by atoms with van der Waals surface area (Å²) >= 11 is 0. The van der Waals surface area contributed by atoms with Crippen LogP contribution in [0.3, 0.4) is 0 Å².